The summed E-state index contributed by atoms with van der Waals surface area (Å²) in [6.45, 7) is 8.70. The number of aliphatic imine (C=N–C) groups is 1. The number of nitrogens with zero attached hydrogens (tertiary/aromatic N) is 2. The number of morpholine rings is 1. The van der Waals surface area contributed by atoms with Crippen LogP contribution in [-0.2, 0) is 11.3 Å². The van der Waals surface area contributed by atoms with Crippen molar-refractivity contribution in [3.63, 3.8) is 0 Å². The molecule has 30 heavy (non-hydrogen) atoms. The van der Waals surface area contributed by atoms with E-state index in [1.807, 2.05) is 6.92 Å². The maximum absolute atomic E-state index is 12.6. The molecule has 0 aromatic heterocycles. The highest BCUT2D eigenvalue weighted by Gasteiger charge is 2.23. The lowest BCUT2D eigenvalue weighted by Gasteiger charge is -2.37. The molecule has 1 heterocycles. The first-order valence-corrected chi connectivity index (χ1v) is 10.4. The van der Waals surface area contributed by atoms with Crippen molar-refractivity contribution in [1.29, 1.82) is 0 Å². The number of guanidine groups is 1. The van der Waals surface area contributed by atoms with Gasteiger partial charge in [0.05, 0.1) is 26.9 Å². The predicted octanol–water partition coefficient (Wildman–Crippen LogP) is 2.71. The van der Waals surface area contributed by atoms with E-state index in [1.54, 1.807) is 12.1 Å². The van der Waals surface area contributed by atoms with Crippen LogP contribution in [-0.4, -0.2) is 70.0 Å². The van der Waals surface area contributed by atoms with E-state index in [-0.39, 0.29) is 11.5 Å². The Kier molecular flexibility index (Phi) is 10.1. The van der Waals surface area contributed by atoms with E-state index in [9.17, 15) is 8.78 Å². The molecule has 0 spiro atoms. The Morgan fingerprint density at radius 3 is 2.53 bits per heavy atom. The van der Waals surface area contributed by atoms with Gasteiger partial charge >= 0.3 is 6.61 Å². The van der Waals surface area contributed by atoms with Gasteiger partial charge in [-0.2, -0.15) is 8.78 Å². The predicted molar refractivity (Wildman–Crippen MR) is 113 cm³/mol. The molecule has 1 fully saturated rings. The quantitative estimate of drug-likeness (QED) is 0.441. The summed E-state index contributed by atoms with van der Waals surface area (Å²) >= 11 is 0. The zero-order chi connectivity index (χ0) is 21.9. The zero-order valence-corrected chi connectivity index (χ0v) is 18.3. The number of rotatable bonds is 10. The molecular weight excluding hydrogens is 394 g/mol. The van der Waals surface area contributed by atoms with Gasteiger partial charge in [-0.05, 0) is 30.5 Å². The second-order valence-electron chi connectivity index (χ2n) is 7.40. The third kappa shape index (κ3) is 7.60. The number of benzene rings is 1. The maximum Gasteiger partial charge on any atom is 0.387 e. The molecule has 1 aromatic rings. The van der Waals surface area contributed by atoms with Gasteiger partial charge in [0.25, 0.3) is 0 Å². The first kappa shape index (κ1) is 24.1. The summed E-state index contributed by atoms with van der Waals surface area (Å²) in [7, 11) is 1.41. The Bertz CT molecular complexity index is 668. The minimum absolute atomic E-state index is 0.00495. The molecule has 0 aliphatic carbocycles. The summed E-state index contributed by atoms with van der Waals surface area (Å²) in [6, 6.07) is 5.29. The highest BCUT2D eigenvalue weighted by Crippen LogP contribution is 2.29. The lowest BCUT2D eigenvalue weighted by molar-refractivity contribution is -0.0512. The first-order valence-electron chi connectivity index (χ1n) is 10.4. The summed E-state index contributed by atoms with van der Waals surface area (Å²) in [5.74, 6) is 1.43. The number of hydrogen-bond donors (Lipinski definition) is 2. The van der Waals surface area contributed by atoms with Crippen LogP contribution in [0.2, 0.25) is 0 Å². The molecule has 9 heteroatoms. The largest absolute Gasteiger partial charge is 0.493 e. The number of ether oxygens (including phenoxy) is 3. The molecule has 1 unspecified atom stereocenters. The van der Waals surface area contributed by atoms with E-state index in [1.165, 1.54) is 13.2 Å². The lowest BCUT2D eigenvalue weighted by Crippen LogP contribution is -2.52. The number of halogens is 2. The highest BCUT2D eigenvalue weighted by atomic mass is 19.3. The molecule has 0 amide bonds. The molecule has 1 aliphatic rings. The van der Waals surface area contributed by atoms with Crippen LogP contribution < -0.4 is 20.1 Å². The van der Waals surface area contributed by atoms with Crippen molar-refractivity contribution in [2.24, 2.45) is 10.9 Å². The van der Waals surface area contributed by atoms with Gasteiger partial charge in [0.15, 0.2) is 17.5 Å². The lowest BCUT2D eigenvalue weighted by atomic mass is 10.0. The molecule has 0 saturated carbocycles. The summed E-state index contributed by atoms with van der Waals surface area (Å²) in [6.07, 6.45) is 0. The van der Waals surface area contributed by atoms with Crippen LogP contribution in [0.3, 0.4) is 0 Å². The Labute approximate surface area is 177 Å². The molecule has 2 rings (SSSR count). The van der Waals surface area contributed by atoms with Gasteiger partial charge in [-0.3, -0.25) is 4.90 Å². The van der Waals surface area contributed by atoms with Gasteiger partial charge in [-0.15, -0.1) is 0 Å². The van der Waals surface area contributed by atoms with Gasteiger partial charge in [0.2, 0.25) is 0 Å². The van der Waals surface area contributed by atoms with Crippen LogP contribution in [0.4, 0.5) is 8.78 Å². The maximum atomic E-state index is 12.6. The summed E-state index contributed by atoms with van der Waals surface area (Å²) in [4.78, 5) is 7.05. The fourth-order valence-electron chi connectivity index (χ4n) is 3.42. The first-order chi connectivity index (χ1) is 14.4. The van der Waals surface area contributed by atoms with Crippen LogP contribution in [0.15, 0.2) is 23.2 Å². The van der Waals surface area contributed by atoms with Crippen LogP contribution in [0.1, 0.15) is 26.3 Å². The molecule has 2 N–H and O–H groups in total. The van der Waals surface area contributed by atoms with Crippen molar-refractivity contribution in [3.05, 3.63) is 23.8 Å². The van der Waals surface area contributed by atoms with Crippen molar-refractivity contribution in [3.8, 4) is 11.5 Å². The van der Waals surface area contributed by atoms with E-state index >= 15 is 0 Å². The third-order valence-corrected chi connectivity index (χ3v) is 4.97. The van der Waals surface area contributed by atoms with E-state index in [4.69, 9.17) is 9.47 Å². The van der Waals surface area contributed by atoms with Crippen LogP contribution in [0, 0.1) is 5.92 Å². The number of methoxy groups -OCH3 is 1. The number of alkyl halides is 2. The molecule has 1 aliphatic heterocycles. The Morgan fingerprint density at radius 2 is 1.93 bits per heavy atom. The second kappa shape index (κ2) is 12.5. The molecule has 1 atom stereocenters. The Morgan fingerprint density at radius 1 is 1.20 bits per heavy atom. The van der Waals surface area contributed by atoms with E-state index in [0.717, 1.165) is 45.0 Å². The van der Waals surface area contributed by atoms with Crippen LogP contribution in [0.25, 0.3) is 0 Å². The second-order valence-corrected chi connectivity index (χ2v) is 7.40. The normalized spacial score (nSPS) is 16.6. The molecule has 1 aromatic carbocycles. The number of hydrogen-bond acceptors (Lipinski definition) is 5. The van der Waals surface area contributed by atoms with Gasteiger partial charge < -0.3 is 24.8 Å². The number of nitrogens with one attached hydrogen (secondary N) is 2. The fraction of sp³-hybridized carbons (Fsp3) is 0.667. The molecule has 170 valence electrons. The summed E-state index contributed by atoms with van der Waals surface area (Å²) in [5, 5.41) is 6.66. The third-order valence-electron chi connectivity index (χ3n) is 4.97. The fourth-order valence-corrected chi connectivity index (χ4v) is 3.42. The van der Waals surface area contributed by atoms with E-state index in [2.05, 4.69) is 39.1 Å². The van der Waals surface area contributed by atoms with Crippen molar-refractivity contribution >= 4 is 5.96 Å². The van der Waals surface area contributed by atoms with Gasteiger partial charge in [0, 0.05) is 32.2 Å². The Hall–Kier alpha value is -2.13. The molecular formula is C21H34F2N4O3. The van der Waals surface area contributed by atoms with Crippen molar-refractivity contribution in [2.75, 3.05) is 46.5 Å². The minimum Gasteiger partial charge on any atom is -0.493 e. The SMILES string of the molecule is CCNC(=NCc1ccc(OC)c(OC(F)F)c1)NCC(C(C)C)N1CCOCC1. The van der Waals surface area contributed by atoms with Gasteiger partial charge in [0.1, 0.15) is 0 Å². The van der Waals surface area contributed by atoms with E-state index < -0.39 is 6.61 Å². The average molecular weight is 429 g/mol. The van der Waals surface area contributed by atoms with Gasteiger partial charge in [-0.1, -0.05) is 19.9 Å². The molecule has 0 bridgehead atoms. The molecule has 1 saturated heterocycles. The van der Waals surface area contributed by atoms with Crippen molar-refractivity contribution in [2.45, 2.75) is 40.0 Å². The Balaban J connectivity index is 2.04. The standard InChI is InChI=1S/C21H34F2N4O3/c1-5-24-21(26-14-17(15(2)3)27-8-10-29-11-9-27)25-13-16-6-7-18(28-4)19(12-16)30-20(22)23/h6-7,12,15,17,20H,5,8-11,13-14H2,1-4H3,(H2,24,25,26). The average Bonchev–Trinajstić information content (AvgIpc) is 2.72. The zero-order valence-electron chi connectivity index (χ0n) is 18.3. The van der Waals surface area contributed by atoms with Crippen molar-refractivity contribution < 1.29 is 23.0 Å². The van der Waals surface area contributed by atoms with E-state index in [0.29, 0.717) is 24.5 Å². The summed E-state index contributed by atoms with van der Waals surface area (Å²) < 4.78 is 40.4. The topological polar surface area (TPSA) is 67.4 Å². The smallest absolute Gasteiger partial charge is 0.387 e. The van der Waals surface area contributed by atoms with Crippen LogP contribution in [0.5, 0.6) is 11.5 Å². The van der Waals surface area contributed by atoms with Gasteiger partial charge in [-0.25, -0.2) is 4.99 Å². The van der Waals surface area contributed by atoms with Crippen molar-refractivity contribution in [1.82, 2.24) is 15.5 Å². The van der Waals surface area contributed by atoms with Crippen LogP contribution >= 0.6 is 0 Å². The molecule has 0 radical (unpaired) electrons. The molecule has 7 nitrogen and oxygen atoms in total. The summed E-state index contributed by atoms with van der Waals surface area (Å²) in [5.41, 5.74) is 0.747. The highest BCUT2D eigenvalue weighted by molar-refractivity contribution is 5.79. The minimum atomic E-state index is -2.91. The monoisotopic (exact) mass is 428 g/mol.